The summed E-state index contributed by atoms with van der Waals surface area (Å²) < 4.78 is 14.7. The van der Waals surface area contributed by atoms with Crippen LogP contribution in [0.15, 0.2) is 36.4 Å². The van der Waals surface area contributed by atoms with E-state index in [1.54, 1.807) is 4.52 Å². The first kappa shape index (κ1) is 14.4. The zero-order valence-corrected chi connectivity index (χ0v) is 12.8. The molecule has 5 nitrogen and oxygen atoms in total. The quantitative estimate of drug-likeness (QED) is 0.804. The van der Waals surface area contributed by atoms with Gasteiger partial charge >= 0.3 is 0 Å². The van der Waals surface area contributed by atoms with Gasteiger partial charge in [0.2, 0.25) is 0 Å². The Hall–Kier alpha value is -2.50. The van der Waals surface area contributed by atoms with Gasteiger partial charge in [0.25, 0.3) is 0 Å². The second kappa shape index (κ2) is 5.36. The first-order chi connectivity index (χ1) is 10.5. The second-order valence-electron chi connectivity index (χ2n) is 5.98. The number of aromatic nitrogens is 4. The fourth-order valence-electron chi connectivity index (χ4n) is 2.31. The number of hydrogen-bond donors (Lipinski definition) is 1. The molecule has 2 heterocycles. The summed E-state index contributed by atoms with van der Waals surface area (Å²) in [6, 6.07) is 10.4. The van der Waals surface area contributed by atoms with Crippen molar-refractivity contribution in [1.82, 2.24) is 19.8 Å². The van der Waals surface area contributed by atoms with Crippen LogP contribution in [0.3, 0.4) is 0 Å². The molecule has 0 fully saturated rings. The molecule has 22 heavy (non-hydrogen) atoms. The number of fused-ring (bicyclic) bond motifs is 1. The third kappa shape index (κ3) is 2.77. The van der Waals surface area contributed by atoms with Gasteiger partial charge in [0.15, 0.2) is 11.5 Å². The maximum Gasteiger partial charge on any atom is 0.178 e. The third-order valence-corrected chi connectivity index (χ3v) is 3.76. The number of rotatable bonds is 4. The van der Waals surface area contributed by atoms with Crippen LogP contribution < -0.4 is 5.32 Å². The Morgan fingerprint density at radius 1 is 1.09 bits per heavy atom. The van der Waals surface area contributed by atoms with Crippen LogP contribution >= 0.6 is 0 Å². The van der Waals surface area contributed by atoms with Crippen LogP contribution in [-0.2, 0) is 5.41 Å². The van der Waals surface area contributed by atoms with Crippen molar-refractivity contribution < 1.29 is 4.39 Å². The number of nitrogens with one attached hydrogen (secondary N) is 1. The molecular formula is C16H18FN5. The minimum atomic E-state index is -0.220. The van der Waals surface area contributed by atoms with E-state index < -0.39 is 0 Å². The Bertz CT molecular complexity index is 792. The Kier molecular flexibility index (Phi) is 3.52. The summed E-state index contributed by atoms with van der Waals surface area (Å²) >= 11 is 0. The summed E-state index contributed by atoms with van der Waals surface area (Å²) in [5.74, 6) is 1.28. The van der Waals surface area contributed by atoms with Gasteiger partial charge in [-0.15, -0.1) is 15.3 Å². The maximum absolute atomic E-state index is 13.0. The van der Waals surface area contributed by atoms with E-state index in [0.29, 0.717) is 6.54 Å². The van der Waals surface area contributed by atoms with E-state index in [9.17, 15) is 4.39 Å². The smallest absolute Gasteiger partial charge is 0.178 e. The highest BCUT2D eigenvalue weighted by molar-refractivity contribution is 5.44. The van der Waals surface area contributed by atoms with Crippen molar-refractivity contribution in [3.8, 4) is 0 Å². The Morgan fingerprint density at radius 2 is 1.82 bits per heavy atom. The lowest BCUT2D eigenvalue weighted by Crippen LogP contribution is -2.28. The normalized spacial score (nSPS) is 11.8. The predicted octanol–water partition coefficient (Wildman–Crippen LogP) is 2.96. The van der Waals surface area contributed by atoms with Crippen molar-refractivity contribution in [2.24, 2.45) is 0 Å². The van der Waals surface area contributed by atoms with E-state index in [1.807, 2.05) is 31.2 Å². The SMILES string of the molecule is Cc1nnc2ccc(NCC(C)(C)c3ccc(F)cc3)nn12. The lowest BCUT2D eigenvalue weighted by atomic mass is 9.84. The lowest BCUT2D eigenvalue weighted by molar-refractivity contribution is 0.551. The molecule has 0 spiro atoms. The summed E-state index contributed by atoms with van der Waals surface area (Å²) in [6.07, 6.45) is 0. The van der Waals surface area contributed by atoms with Gasteiger partial charge in [-0.25, -0.2) is 4.39 Å². The Labute approximate surface area is 128 Å². The molecule has 114 valence electrons. The maximum atomic E-state index is 13.0. The van der Waals surface area contributed by atoms with Gasteiger partial charge in [-0.05, 0) is 36.8 Å². The second-order valence-corrected chi connectivity index (χ2v) is 5.98. The minimum absolute atomic E-state index is 0.146. The fourth-order valence-corrected chi connectivity index (χ4v) is 2.31. The summed E-state index contributed by atoms with van der Waals surface area (Å²) in [5.41, 5.74) is 1.65. The zero-order chi connectivity index (χ0) is 15.7. The number of hydrogen-bond acceptors (Lipinski definition) is 4. The number of aryl methyl sites for hydroxylation is 1. The van der Waals surface area contributed by atoms with Crippen LogP contribution in [-0.4, -0.2) is 26.4 Å². The average Bonchev–Trinajstić information content (AvgIpc) is 2.87. The van der Waals surface area contributed by atoms with Crippen molar-refractivity contribution in [2.45, 2.75) is 26.2 Å². The van der Waals surface area contributed by atoms with Gasteiger partial charge in [-0.2, -0.15) is 4.52 Å². The number of benzene rings is 1. The molecule has 0 aliphatic rings. The topological polar surface area (TPSA) is 55.1 Å². The number of halogens is 1. The summed E-state index contributed by atoms with van der Waals surface area (Å²) in [5, 5.41) is 15.8. The van der Waals surface area contributed by atoms with E-state index in [-0.39, 0.29) is 11.2 Å². The van der Waals surface area contributed by atoms with Gasteiger partial charge in [0.05, 0.1) is 0 Å². The van der Waals surface area contributed by atoms with E-state index >= 15 is 0 Å². The molecule has 0 bridgehead atoms. The monoisotopic (exact) mass is 299 g/mol. The molecule has 0 saturated heterocycles. The van der Waals surface area contributed by atoms with E-state index in [1.165, 1.54) is 12.1 Å². The van der Waals surface area contributed by atoms with Crippen LogP contribution in [0.2, 0.25) is 0 Å². The Morgan fingerprint density at radius 3 is 2.55 bits per heavy atom. The molecule has 0 aliphatic carbocycles. The highest BCUT2D eigenvalue weighted by Crippen LogP contribution is 2.23. The highest BCUT2D eigenvalue weighted by atomic mass is 19.1. The van der Waals surface area contributed by atoms with E-state index in [4.69, 9.17) is 0 Å². The lowest BCUT2D eigenvalue weighted by Gasteiger charge is -2.26. The van der Waals surface area contributed by atoms with Crippen molar-refractivity contribution >= 4 is 11.5 Å². The van der Waals surface area contributed by atoms with Gasteiger partial charge in [-0.1, -0.05) is 26.0 Å². The van der Waals surface area contributed by atoms with Crippen molar-refractivity contribution in [3.63, 3.8) is 0 Å². The van der Waals surface area contributed by atoms with Crippen LogP contribution in [0.4, 0.5) is 10.2 Å². The molecule has 1 aromatic carbocycles. The van der Waals surface area contributed by atoms with Crippen molar-refractivity contribution in [2.75, 3.05) is 11.9 Å². The molecule has 0 aliphatic heterocycles. The van der Waals surface area contributed by atoms with Crippen molar-refractivity contribution in [3.05, 3.63) is 53.6 Å². The minimum Gasteiger partial charge on any atom is -0.368 e. The highest BCUT2D eigenvalue weighted by Gasteiger charge is 2.20. The van der Waals surface area contributed by atoms with E-state index in [2.05, 4.69) is 34.5 Å². The summed E-state index contributed by atoms with van der Waals surface area (Å²) in [7, 11) is 0. The van der Waals surface area contributed by atoms with Crippen LogP contribution in [0.5, 0.6) is 0 Å². The molecule has 1 N–H and O–H groups in total. The molecule has 3 rings (SSSR count). The third-order valence-electron chi connectivity index (χ3n) is 3.76. The van der Waals surface area contributed by atoms with Gasteiger partial charge in [-0.3, -0.25) is 0 Å². The summed E-state index contributed by atoms with van der Waals surface area (Å²) in [6.45, 7) is 6.75. The molecule has 0 saturated carbocycles. The zero-order valence-electron chi connectivity index (χ0n) is 12.8. The molecule has 0 atom stereocenters. The van der Waals surface area contributed by atoms with Crippen molar-refractivity contribution in [1.29, 1.82) is 0 Å². The number of anilines is 1. The molecular weight excluding hydrogens is 281 g/mol. The first-order valence-corrected chi connectivity index (χ1v) is 7.15. The van der Waals surface area contributed by atoms with Crippen LogP contribution in [0, 0.1) is 12.7 Å². The first-order valence-electron chi connectivity index (χ1n) is 7.15. The van der Waals surface area contributed by atoms with Gasteiger partial charge in [0, 0.05) is 12.0 Å². The predicted molar refractivity (Wildman–Crippen MR) is 83.4 cm³/mol. The standard InChI is InChI=1S/C16H18FN5/c1-11-19-20-15-9-8-14(21-22(11)15)18-10-16(2,3)12-4-6-13(17)7-5-12/h4-9H,10H2,1-3H3,(H,18,21). The fraction of sp³-hybridized carbons (Fsp3) is 0.312. The largest absolute Gasteiger partial charge is 0.368 e. The average molecular weight is 299 g/mol. The van der Waals surface area contributed by atoms with Crippen LogP contribution in [0.1, 0.15) is 25.2 Å². The van der Waals surface area contributed by atoms with Gasteiger partial charge < -0.3 is 5.32 Å². The molecule has 2 aromatic heterocycles. The molecule has 0 amide bonds. The summed E-state index contributed by atoms with van der Waals surface area (Å²) in [4.78, 5) is 0. The molecule has 6 heteroatoms. The Balaban J connectivity index is 1.77. The van der Waals surface area contributed by atoms with Gasteiger partial charge in [0.1, 0.15) is 11.6 Å². The van der Waals surface area contributed by atoms with Crippen LogP contribution in [0.25, 0.3) is 5.65 Å². The number of nitrogens with zero attached hydrogens (tertiary/aromatic N) is 4. The van der Waals surface area contributed by atoms with E-state index in [0.717, 1.165) is 22.9 Å². The molecule has 0 unspecified atom stereocenters. The molecule has 0 radical (unpaired) electrons. The molecule has 3 aromatic rings.